The van der Waals surface area contributed by atoms with E-state index in [1.165, 1.54) is 38.2 Å². The van der Waals surface area contributed by atoms with Crippen LogP contribution in [0.3, 0.4) is 0 Å². The molecule has 20 heavy (non-hydrogen) atoms. The summed E-state index contributed by atoms with van der Waals surface area (Å²) in [6.07, 6.45) is 8.94. The Balaban J connectivity index is 2.15. The van der Waals surface area contributed by atoms with E-state index in [1.54, 1.807) is 0 Å². The Labute approximate surface area is 120 Å². The predicted molar refractivity (Wildman–Crippen MR) is 77.7 cm³/mol. The average Bonchev–Trinajstić information content (AvgIpc) is 2.42. The van der Waals surface area contributed by atoms with Gasteiger partial charge >= 0.3 is 0 Å². The highest BCUT2D eigenvalue weighted by atomic mass is 19.2. The summed E-state index contributed by atoms with van der Waals surface area (Å²) in [4.78, 5) is 11.7. The molecule has 0 amide bonds. The number of unbranched alkanes of at least 4 members (excludes halogenated alkanes) is 6. The molecule has 112 valence electrons. The lowest BCUT2D eigenvalue weighted by molar-refractivity contribution is -0.118. The molecular formula is C17H24F2O. The van der Waals surface area contributed by atoms with Crippen molar-refractivity contribution >= 4 is 5.78 Å². The first-order valence-corrected chi connectivity index (χ1v) is 7.59. The smallest absolute Gasteiger partial charge is 0.159 e. The van der Waals surface area contributed by atoms with E-state index in [2.05, 4.69) is 6.92 Å². The molecule has 0 radical (unpaired) electrons. The van der Waals surface area contributed by atoms with Gasteiger partial charge < -0.3 is 0 Å². The number of hydrogen-bond acceptors (Lipinski definition) is 1. The first-order chi connectivity index (χ1) is 9.63. The van der Waals surface area contributed by atoms with Gasteiger partial charge in [-0.05, 0) is 24.1 Å². The number of halogens is 2. The maximum Gasteiger partial charge on any atom is 0.159 e. The molecule has 1 aromatic rings. The van der Waals surface area contributed by atoms with E-state index >= 15 is 0 Å². The Hall–Kier alpha value is -1.25. The molecule has 0 heterocycles. The van der Waals surface area contributed by atoms with Crippen molar-refractivity contribution in [1.82, 2.24) is 0 Å². The number of Topliss-reactive ketones (excluding diaryl/α,β-unsaturated/α-hetero) is 1. The van der Waals surface area contributed by atoms with Gasteiger partial charge in [-0.2, -0.15) is 0 Å². The van der Waals surface area contributed by atoms with Crippen LogP contribution in [0.4, 0.5) is 8.78 Å². The van der Waals surface area contributed by atoms with Crippen molar-refractivity contribution in [2.45, 2.75) is 64.7 Å². The Morgan fingerprint density at radius 1 is 0.950 bits per heavy atom. The van der Waals surface area contributed by atoms with E-state index in [1.807, 2.05) is 0 Å². The van der Waals surface area contributed by atoms with Gasteiger partial charge in [-0.25, -0.2) is 8.78 Å². The lowest BCUT2D eigenvalue weighted by Crippen LogP contribution is -2.03. The summed E-state index contributed by atoms with van der Waals surface area (Å²) >= 11 is 0. The molecule has 1 aromatic carbocycles. The van der Waals surface area contributed by atoms with Gasteiger partial charge in [0, 0.05) is 12.8 Å². The monoisotopic (exact) mass is 282 g/mol. The molecule has 0 N–H and O–H groups in total. The molecule has 0 fully saturated rings. The summed E-state index contributed by atoms with van der Waals surface area (Å²) in [5.74, 6) is -1.65. The zero-order valence-corrected chi connectivity index (χ0v) is 12.3. The number of carbonyl (C=O) groups excluding carboxylic acids is 1. The second-order valence-electron chi connectivity index (χ2n) is 5.34. The quantitative estimate of drug-likeness (QED) is 0.538. The van der Waals surface area contributed by atoms with Crippen molar-refractivity contribution in [3.8, 4) is 0 Å². The third-order valence-electron chi connectivity index (χ3n) is 3.44. The summed E-state index contributed by atoms with van der Waals surface area (Å²) in [5.41, 5.74) is 0.553. The van der Waals surface area contributed by atoms with Crippen LogP contribution in [0.2, 0.25) is 0 Å². The molecule has 0 saturated carbocycles. The van der Waals surface area contributed by atoms with Crippen LogP contribution in [0.1, 0.15) is 63.9 Å². The Bertz CT molecular complexity index is 415. The van der Waals surface area contributed by atoms with Crippen LogP contribution in [0, 0.1) is 11.6 Å². The lowest BCUT2D eigenvalue weighted by atomic mass is 10.0. The second kappa shape index (κ2) is 9.62. The van der Waals surface area contributed by atoms with Gasteiger partial charge in [-0.15, -0.1) is 0 Å². The van der Waals surface area contributed by atoms with Crippen LogP contribution in [0.15, 0.2) is 18.2 Å². The fraction of sp³-hybridized carbons (Fsp3) is 0.588. The van der Waals surface area contributed by atoms with Gasteiger partial charge in [0.2, 0.25) is 0 Å². The van der Waals surface area contributed by atoms with Crippen LogP contribution < -0.4 is 0 Å². The summed E-state index contributed by atoms with van der Waals surface area (Å²) in [5, 5.41) is 0. The minimum Gasteiger partial charge on any atom is -0.299 e. The molecule has 0 bridgehead atoms. The molecule has 1 nitrogen and oxygen atoms in total. The molecule has 0 spiro atoms. The number of carbonyl (C=O) groups is 1. The highest BCUT2D eigenvalue weighted by Gasteiger charge is 2.07. The highest BCUT2D eigenvalue weighted by molar-refractivity contribution is 5.80. The third-order valence-corrected chi connectivity index (χ3v) is 3.44. The van der Waals surface area contributed by atoms with Crippen LogP contribution >= 0.6 is 0 Å². The minimum atomic E-state index is -0.883. The second-order valence-corrected chi connectivity index (χ2v) is 5.34. The van der Waals surface area contributed by atoms with Gasteiger partial charge in [-0.1, -0.05) is 51.5 Å². The molecular weight excluding hydrogens is 258 g/mol. The van der Waals surface area contributed by atoms with Crippen molar-refractivity contribution in [1.29, 1.82) is 0 Å². The van der Waals surface area contributed by atoms with Crippen LogP contribution in [-0.4, -0.2) is 5.78 Å². The van der Waals surface area contributed by atoms with E-state index in [0.717, 1.165) is 25.0 Å². The fourth-order valence-electron chi connectivity index (χ4n) is 2.24. The van der Waals surface area contributed by atoms with E-state index < -0.39 is 11.6 Å². The Kier molecular flexibility index (Phi) is 8.08. The fourth-order valence-corrected chi connectivity index (χ4v) is 2.24. The zero-order valence-electron chi connectivity index (χ0n) is 12.3. The van der Waals surface area contributed by atoms with Gasteiger partial charge in [-0.3, -0.25) is 4.79 Å². The Morgan fingerprint density at radius 2 is 1.60 bits per heavy atom. The summed E-state index contributed by atoms with van der Waals surface area (Å²) < 4.78 is 25.7. The minimum absolute atomic E-state index is 0.101. The summed E-state index contributed by atoms with van der Waals surface area (Å²) in [6, 6.07) is 3.66. The Morgan fingerprint density at radius 3 is 2.25 bits per heavy atom. The molecule has 0 aliphatic carbocycles. The van der Waals surface area contributed by atoms with Crippen molar-refractivity contribution < 1.29 is 13.6 Å². The largest absolute Gasteiger partial charge is 0.299 e. The van der Waals surface area contributed by atoms with E-state index in [0.29, 0.717) is 12.0 Å². The number of ketones is 1. The van der Waals surface area contributed by atoms with E-state index in [9.17, 15) is 13.6 Å². The SMILES string of the molecule is CCCCCCCCCC(=O)Cc1ccc(F)c(F)c1. The van der Waals surface area contributed by atoms with Gasteiger partial charge in [0.25, 0.3) is 0 Å². The highest BCUT2D eigenvalue weighted by Crippen LogP contribution is 2.12. The molecule has 0 aliphatic heterocycles. The van der Waals surface area contributed by atoms with Crippen molar-refractivity contribution in [3.63, 3.8) is 0 Å². The van der Waals surface area contributed by atoms with Crippen LogP contribution in [0.25, 0.3) is 0 Å². The lowest BCUT2D eigenvalue weighted by Gasteiger charge is -2.03. The van der Waals surface area contributed by atoms with Gasteiger partial charge in [0.15, 0.2) is 11.6 Å². The first kappa shape index (κ1) is 16.8. The predicted octanol–water partition coefficient (Wildman–Crippen LogP) is 5.22. The zero-order chi connectivity index (χ0) is 14.8. The van der Waals surface area contributed by atoms with Gasteiger partial charge in [0.1, 0.15) is 5.78 Å². The van der Waals surface area contributed by atoms with E-state index in [4.69, 9.17) is 0 Å². The third kappa shape index (κ3) is 6.78. The summed E-state index contributed by atoms with van der Waals surface area (Å²) in [7, 11) is 0. The average molecular weight is 282 g/mol. The molecule has 0 saturated heterocycles. The number of benzene rings is 1. The maximum atomic E-state index is 13.0. The molecule has 0 aliphatic rings. The van der Waals surface area contributed by atoms with E-state index in [-0.39, 0.29) is 12.2 Å². The van der Waals surface area contributed by atoms with Crippen molar-refractivity contribution in [2.75, 3.05) is 0 Å². The standard InChI is InChI=1S/C17H24F2O/c1-2-3-4-5-6-7-8-9-15(20)12-14-10-11-16(18)17(19)13-14/h10-11,13H,2-9,12H2,1H3. The maximum absolute atomic E-state index is 13.0. The van der Waals surface area contributed by atoms with Crippen LogP contribution in [-0.2, 0) is 11.2 Å². The van der Waals surface area contributed by atoms with Crippen molar-refractivity contribution in [3.05, 3.63) is 35.4 Å². The molecule has 1 rings (SSSR count). The first-order valence-electron chi connectivity index (χ1n) is 7.59. The number of hydrogen-bond donors (Lipinski definition) is 0. The summed E-state index contributed by atoms with van der Waals surface area (Å²) in [6.45, 7) is 2.19. The molecule has 0 unspecified atom stereocenters. The molecule has 0 atom stereocenters. The topological polar surface area (TPSA) is 17.1 Å². The van der Waals surface area contributed by atoms with Gasteiger partial charge in [0.05, 0.1) is 0 Å². The molecule has 0 aromatic heterocycles. The van der Waals surface area contributed by atoms with Crippen LogP contribution in [0.5, 0.6) is 0 Å². The molecule has 3 heteroatoms. The van der Waals surface area contributed by atoms with Crippen molar-refractivity contribution in [2.24, 2.45) is 0 Å². The number of rotatable bonds is 10. The normalized spacial score (nSPS) is 10.8.